The zero-order chi connectivity index (χ0) is 14.5. The molecule has 6 nitrogen and oxygen atoms in total. The van der Waals surface area contributed by atoms with Gasteiger partial charge in [-0.3, -0.25) is 4.79 Å². The molecular formula is C14H12O6. The molecule has 0 bridgehead atoms. The molecule has 0 saturated carbocycles. The second-order valence-corrected chi connectivity index (χ2v) is 3.86. The van der Waals surface area contributed by atoms with Crippen LogP contribution in [0.1, 0.15) is 26.7 Å². The van der Waals surface area contributed by atoms with E-state index in [1.807, 2.05) is 0 Å². The molecule has 1 aromatic carbocycles. The minimum atomic E-state index is -1.15. The molecule has 0 saturated heterocycles. The summed E-state index contributed by atoms with van der Waals surface area (Å²) < 4.78 is 15.7. The number of aldehydes is 1. The summed E-state index contributed by atoms with van der Waals surface area (Å²) in [5.41, 5.74) is 0.342. The van der Waals surface area contributed by atoms with Gasteiger partial charge in [-0.15, -0.1) is 0 Å². The number of rotatable bonds is 6. The second-order valence-electron chi connectivity index (χ2n) is 3.86. The van der Waals surface area contributed by atoms with Crippen LogP contribution in [-0.2, 0) is 6.61 Å². The Kier molecular flexibility index (Phi) is 4.05. The highest BCUT2D eigenvalue weighted by Gasteiger charge is 2.13. The number of methoxy groups -OCH3 is 1. The fourth-order valence-electron chi connectivity index (χ4n) is 1.65. The molecule has 0 unspecified atom stereocenters. The Bertz CT molecular complexity index is 628. The molecule has 0 amide bonds. The van der Waals surface area contributed by atoms with E-state index in [9.17, 15) is 9.59 Å². The van der Waals surface area contributed by atoms with Crippen molar-refractivity contribution in [3.05, 3.63) is 47.4 Å². The summed E-state index contributed by atoms with van der Waals surface area (Å²) in [7, 11) is 1.46. The van der Waals surface area contributed by atoms with E-state index in [1.165, 1.54) is 19.2 Å². The van der Waals surface area contributed by atoms with Crippen molar-refractivity contribution in [2.24, 2.45) is 0 Å². The van der Waals surface area contributed by atoms with Gasteiger partial charge in [-0.1, -0.05) is 6.07 Å². The Balaban J connectivity index is 2.17. The standard InChI is InChI=1S/C14H12O6/c1-18-11-4-2-3-9(7-15)13(11)19-8-10-5-6-12(20-10)14(16)17/h2-7H,8H2,1H3,(H,16,17). The van der Waals surface area contributed by atoms with Gasteiger partial charge in [0.1, 0.15) is 12.4 Å². The minimum Gasteiger partial charge on any atom is -0.493 e. The van der Waals surface area contributed by atoms with E-state index in [0.717, 1.165) is 0 Å². The lowest BCUT2D eigenvalue weighted by Gasteiger charge is -2.11. The van der Waals surface area contributed by atoms with E-state index in [0.29, 0.717) is 29.1 Å². The molecule has 1 N–H and O–H groups in total. The predicted molar refractivity (Wildman–Crippen MR) is 68.4 cm³/mol. The molecule has 1 aromatic heterocycles. The van der Waals surface area contributed by atoms with Gasteiger partial charge in [0.05, 0.1) is 12.7 Å². The maximum Gasteiger partial charge on any atom is 0.371 e. The van der Waals surface area contributed by atoms with Crippen LogP contribution in [0.25, 0.3) is 0 Å². The van der Waals surface area contributed by atoms with Crippen LogP contribution in [-0.4, -0.2) is 24.5 Å². The van der Waals surface area contributed by atoms with E-state index in [2.05, 4.69) is 0 Å². The van der Waals surface area contributed by atoms with Gasteiger partial charge < -0.3 is 19.0 Å². The first-order valence-corrected chi connectivity index (χ1v) is 5.72. The number of para-hydroxylation sites is 1. The molecule has 0 aliphatic carbocycles. The first-order valence-electron chi connectivity index (χ1n) is 5.72. The summed E-state index contributed by atoms with van der Waals surface area (Å²) in [4.78, 5) is 21.7. The number of carboxylic acid groups (broad SMARTS) is 1. The first kappa shape index (κ1) is 13.7. The van der Waals surface area contributed by atoms with Crippen molar-refractivity contribution in [2.75, 3.05) is 7.11 Å². The zero-order valence-corrected chi connectivity index (χ0v) is 10.7. The zero-order valence-electron chi connectivity index (χ0n) is 10.7. The fraction of sp³-hybridized carbons (Fsp3) is 0.143. The summed E-state index contributed by atoms with van der Waals surface area (Å²) in [6.45, 7) is -0.00546. The lowest BCUT2D eigenvalue weighted by Crippen LogP contribution is -2.00. The highest BCUT2D eigenvalue weighted by Crippen LogP contribution is 2.30. The van der Waals surface area contributed by atoms with Gasteiger partial charge in [-0.2, -0.15) is 0 Å². The van der Waals surface area contributed by atoms with Crippen molar-refractivity contribution < 1.29 is 28.6 Å². The highest BCUT2D eigenvalue weighted by atomic mass is 16.5. The van der Waals surface area contributed by atoms with Crippen LogP contribution in [0.3, 0.4) is 0 Å². The number of hydrogen-bond acceptors (Lipinski definition) is 5. The molecule has 0 aliphatic heterocycles. The van der Waals surface area contributed by atoms with Crippen LogP contribution in [0.4, 0.5) is 0 Å². The average Bonchev–Trinajstić information content (AvgIpc) is 2.93. The summed E-state index contributed by atoms with van der Waals surface area (Å²) in [6, 6.07) is 7.76. The van der Waals surface area contributed by atoms with Crippen molar-refractivity contribution in [3.8, 4) is 11.5 Å². The Morgan fingerprint density at radius 3 is 2.75 bits per heavy atom. The van der Waals surface area contributed by atoms with Gasteiger partial charge in [0.2, 0.25) is 5.76 Å². The maximum absolute atomic E-state index is 11.0. The first-order chi connectivity index (χ1) is 9.65. The van der Waals surface area contributed by atoms with Gasteiger partial charge in [0.15, 0.2) is 17.8 Å². The average molecular weight is 276 g/mol. The van der Waals surface area contributed by atoms with Crippen molar-refractivity contribution in [1.82, 2.24) is 0 Å². The van der Waals surface area contributed by atoms with Crippen LogP contribution >= 0.6 is 0 Å². The van der Waals surface area contributed by atoms with Crippen LogP contribution in [0.2, 0.25) is 0 Å². The number of ether oxygens (including phenoxy) is 2. The monoisotopic (exact) mass is 276 g/mol. The lowest BCUT2D eigenvalue weighted by molar-refractivity contribution is 0.0658. The van der Waals surface area contributed by atoms with Crippen molar-refractivity contribution >= 4 is 12.3 Å². The summed E-state index contributed by atoms with van der Waals surface area (Å²) in [5, 5.41) is 8.75. The summed E-state index contributed by atoms with van der Waals surface area (Å²) in [6.07, 6.45) is 0.655. The molecule has 1 heterocycles. The lowest BCUT2D eigenvalue weighted by atomic mass is 10.2. The number of carbonyl (C=O) groups excluding carboxylic acids is 1. The van der Waals surface area contributed by atoms with Gasteiger partial charge >= 0.3 is 5.97 Å². The molecule has 2 aromatic rings. The van der Waals surface area contributed by atoms with E-state index in [-0.39, 0.29) is 12.4 Å². The van der Waals surface area contributed by atoms with E-state index in [1.54, 1.807) is 18.2 Å². The predicted octanol–water partition coefficient (Wildman–Crippen LogP) is 2.38. The molecule has 2 rings (SSSR count). The number of aromatic carboxylic acids is 1. The van der Waals surface area contributed by atoms with Crippen molar-refractivity contribution in [1.29, 1.82) is 0 Å². The van der Waals surface area contributed by atoms with Gasteiger partial charge in [-0.05, 0) is 24.3 Å². The van der Waals surface area contributed by atoms with E-state index in [4.69, 9.17) is 19.0 Å². The SMILES string of the molecule is COc1cccc(C=O)c1OCc1ccc(C(=O)O)o1. The largest absolute Gasteiger partial charge is 0.493 e. The molecule has 0 spiro atoms. The molecular weight excluding hydrogens is 264 g/mol. The Labute approximate surface area is 114 Å². The van der Waals surface area contributed by atoms with Gasteiger partial charge in [0.25, 0.3) is 0 Å². The molecule has 0 fully saturated rings. The number of benzene rings is 1. The van der Waals surface area contributed by atoms with Crippen LogP contribution in [0.15, 0.2) is 34.7 Å². The van der Waals surface area contributed by atoms with E-state index >= 15 is 0 Å². The third kappa shape index (κ3) is 2.80. The summed E-state index contributed by atoms with van der Waals surface area (Å²) >= 11 is 0. The number of furan rings is 1. The van der Waals surface area contributed by atoms with E-state index < -0.39 is 5.97 Å². The smallest absolute Gasteiger partial charge is 0.371 e. The van der Waals surface area contributed by atoms with Crippen LogP contribution in [0.5, 0.6) is 11.5 Å². The Morgan fingerprint density at radius 2 is 2.15 bits per heavy atom. The molecule has 104 valence electrons. The molecule has 6 heteroatoms. The highest BCUT2D eigenvalue weighted by molar-refractivity contribution is 5.84. The van der Waals surface area contributed by atoms with Gasteiger partial charge in [0, 0.05) is 0 Å². The molecule has 0 aliphatic rings. The maximum atomic E-state index is 11.0. The Hall–Kier alpha value is -2.76. The number of carboxylic acids is 1. The third-order valence-electron chi connectivity index (χ3n) is 2.59. The minimum absolute atomic E-state index is 0.00546. The topological polar surface area (TPSA) is 86.0 Å². The van der Waals surface area contributed by atoms with Crippen molar-refractivity contribution in [2.45, 2.75) is 6.61 Å². The van der Waals surface area contributed by atoms with Crippen molar-refractivity contribution in [3.63, 3.8) is 0 Å². The fourth-order valence-corrected chi connectivity index (χ4v) is 1.65. The third-order valence-corrected chi connectivity index (χ3v) is 2.59. The van der Waals surface area contributed by atoms with Crippen LogP contribution < -0.4 is 9.47 Å². The molecule has 0 radical (unpaired) electrons. The quantitative estimate of drug-likeness (QED) is 0.815. The molecule has 0 atom stereocenters. The number of hydrogen-bond donors (Lipinski definition) is 1. The van der Waals surface area contributed by atoms with Crippen LogP contribution in [0, 0.1) is 0 Å². The second kappa shape index (κ2) is 5.92. The molecule has 20 heavy (non-hydrogen) atoms. The number of carbonyl (C=O) groups is 2. The normalized spacial score (nSPS) is 10.1. The summed E-state index contributed by atoms with van der Waals surface area (Å²) in [5.74, 6) is -0.274. The van der Waals surface area contributed by atoms with Gasteiger partial charge in [-0.25, -0.2) is 4.79 Å². The Morgan fingerprint density at radius 1 is 1.35 bits per heavy atom.